The Kier molecular flexibility index (Phi) is 10.6. The summed E-state index contributed by atoms with van der Waals surface area (Å²) in [6, 6.07) is 5.58. The standard InChI is InChI=1S/C20H24ClN3O3.C2H6.H3N/c1-4-6-10-16(26-3)24-12-13(11-22-24)17-14-8-7-9-15(21)18(14)23-19(17)20(25)27-5-2;1-2;/h7-9,11-12,16,23H,4-6,10H2,1-3H3;1-2H3;1H3. The number of para-hydroxylation sites is 1. The molecule has 4 N–H and O–H groups in total. The fourth-order valence-electron chi connectivity index (χ4n) is 3.20. The second-order valence-electron chi connectivity index (χ2n) is 6.30. The van der Waals surface area contributed by atoms with E-state index in [-0.39, 0.29) is 12.4 Å². The van der Waals surface area contributed by atoms with Crippen molar-refractivity contribution in [1.82, 2.24) is 20.9 Å². The molecule has 166 valence electrons. The molecule has 2 aromatic heterocycles. The molecule has 0 saturated carbocycles. The summed E-state index contributed by atoms with van der Waals surface area (Å²) in [5, 5.41) is 5.87. The number of hydrogen-bond acceptors (Lipinski definition) is 5. The van der Waals surface area contributed by atoms with Gasteiger partial charge in [-0.25, -0.2) is 9.48 Å². The van der Waals surface area contributed by atoms with Gasteiger partial charge in [-0.05, 0) is 25.8 Å². The Morgan fingerprint density at radius 2 is 2.03 bits per heavy atom. The van der Waals surface area contributed by atoms with E-state index in [1.54, 1.807) is 31.0 Å². The molecule has 0 aliphatic carbocycles. The van der Waals surface area contributed by atoms with Gasteiger partial charge in [0.25, 0.3) is 0 Å². The van der Waals surface area contributed by atoms with Crippen molar-refractivity contribution in [1.29, 1.82) is 0 Å². The van der Waals surface area contributed by atoms with E-state index >= 15 is 0 Å². The number of H-pyrrole nitrogens is 1. The molecule has 8 heteroatoms. The highest BCUT2D eigenvalue weighted by Gasteiger charge is 2.23. The van der Waals surface area contributed by atoms with Gasteiger partial charge in [0.1, 0.15) is 11.9 Å². The van der Waals surface area contributed by atoms with Gasteiger partial charge in [0.05, 0.1) is 23.3 Å². The number of aromatic amines is 1. The van der Waals surface area contributed by atoms with Crippen LogP contribution in [0.1, 0.15) is 63.7 Å². The van der Waals surface area contributed by atoms with Gasteiger partial charge in [-0.15, -0.1) is 0 Å². The van der Waals surface area contributed by atoms with Crippen LogP contribution < -0.4 is 6.15 Å². The lowest BCUT2D eigenvalue weighted by molar-refractivity contribution is 0.0252. The van der Waals surface area contributed by atoms with E-state index in [2.05, 4.69) is 17.0 Å². The normalized spacial score (nSPS) is 11.4. The molecule has 0 radical (unpaired) electrons. The first-order valence-corrected chi connectivity index (χ1v) is 10.5. The number of ether oxygens (including phenoxy) is 2. The number of nitrogens with zero attached hydrogens (tertiary/aromatic N) is 2. The molecule has 0 spiro atoms. The highest BCUT2D eigenvalue weighted by Crippen LogP contribution is 2.36. The highest BCUT2D eigenvalue weighted by atomic mass is 35.5. The lowest BCUT2D eigenvalue weighted by Gasteiger charge is -2.15. The number of methoxy groups -OCH3 is 1. The van der Waals surface area contributed by atoms with Crippen LogP contribution in [0.15, 0.2) is 30.6 Å². The van der Waals surface area contributed by atoms with E-state index in [1.807, 2.05) is 32.2 Å². The van der Waals surface area contributed by atoms with Crippen LogP contribution in [0.4, 0.5) is 0 Å². The third-order valence-corrected chi connectivity index (χ3v) is 4.84. The van der Waals surface area contributed by atoms with Gasteiger partial charge in [0, 0.05) is 29.8 Å². The molecule has 3 rings (SSSR count). The topological polar surface area (TPSA) is 104 Å². The predicted octanol–water partition coefficient (Wildman–Crippen LogP) is 6.38. The number of unbranched alkanes of at least 4 members (excludes halogenated alkanes) is 1. The van der Waals surface area contributed by atoms with Gasteiger partial charge in [-0.1, -0.05) is 50.9 Å². The number of esters is 1. The van der Waals surface area contributed by atoms with Crippen molar-refractivity contribution in [3.63, 3.8) is 0 Å². The third kappa shape index (κ3) is 5.41. The van der Waals surface area contributed by atoms with Gasteiger partial charge in [-0.3, -0.25) is 0 Å². The Labute approximate surface area is 183 Å². The van der Waals surface area contributed by atoms with Crippen LogP contribution in [0.3, 0.4) is 0 Å². The molecule has 0 bridgehead atoms. The van der Waals surface area contributed by atoms with Crippen LogP contribution in [0.25, 0.3) is 22.0 Å². The number of fused-ring (bicyclic) bond motifs is 1. The summed E-state index contributed by atoms with van der Waals surface area (Å²) in [5.41, 5.74) is 2.63. The van der Waals surface area contributed by atoms with Crippen molar-refractivity contribution in [2.45, 2.75) is 53.2 Å². The fourth-order valence-corrected chi connectivity index (χ4v) is 3.42. The zero-order valence-corrected chi connectivity index (χ0v) is 19.3. The predicted molar refractivity (Wildman–Crippen MR) is 122 cm³/mol. The zero-order valence-electron chi connectivity index (χ0n) is 18.5. The molecule has 3 aromatic rings. The smallest absolute Gasteiger partial charge is 0.355 e. The van der Waals surface area contributed by atoms with Gasteiger partial charge >= 0.3 is 5.97 Å². The molecule has 1 unspecified atom stereocenters. The Balaban J connectivity index is 0.00000146. The first kappa shape index (κ1) is 25.7. The Morgan fingerprint density at radius 1 is 1.30 bits per heavy atom. The molecule has 0 fully saturated rings. The maximum Gasteiger partial charge on any atom is 0.355 e. The van der Waals surface area contributed by atoms with Crippen LogP contribution in [0.5, 0.6) is 0 Å². The Morgan fingerprint density at radius 3 is 2.67 bits per heavy atom. The van der Waals surface area contributed by atoms with Crippen molar-refractivity contribution in [3.8, 4) is 11.1 Å². The second-order valence-corrected chi connectivity index (χ2v) is 6.71. The highest BCUT2D eigenvalue weighted by molar-refractivity contribution is 6.35. The largest absolute Gasteiger partial charge is 0.461 e. The number of carbonyl (C=O) groups is 1. The second kappa shape index (κ2) is 12.4. The van der Waals surface area contributed by atoms with E-state index in [0.717, 1.165) is 35.8 Å². The number of rotatable bonds is 8. The lowest BCUT2D eigenvalue weighted by atomic mass is 10.1. The summed E-state index contributed by atoms with van der Waals surface area (Å²) in [6.45, 7) is 8.22. The van der Waals surface area contributed by atoms with Gasteiger partial charge < -0.3 is 20.6 Å². The van der Waals surface area contributed by atoms with E-state index in [1.165, 1.54) is 0 Å². The summed E-state index contributed by atoms with van der Waals surface area (Å²) >= 11 is 6.32. The van der Waals surface area contributed by atoms with E-state index in [9.17, 15) is 4.79 Å². The first-order chi connectivity index (χ1) is 14.1. The molecule has 1 aromatic carbocycles. The van der Waals surface area contributed by atoms with Gasteiger partial charge in [-0.2, -0.15) is 5.10 Å². The SMILES string of the molecule is CC.CCCCC(OC)n1cc(-c2c(C(=O)OCC)[nH]c3c(Cl)cccc23)cn1.N. The van der Waals surface area contributed by atoms with E-state index < -0.39 is 5.97 Å². The van der Waals surface area contributed by atoms with Crippen LogP contribution >= 0.6 is 11.6 Å². The fraction of sp³-hybridized carbons (Fsp3) is 0.455. The minimum Gasteiger partial charge on any atom is -0.461 e. The first-order valence-electron chi connectivity index (χ1n) is 10.1. The molecule has 0 aliphatic heterocycles. The number of aromatic nitrogens is 3. The van der Waals surface area contributed by atoms with E-state index in [0.29, 0.717) is 22.8 Å². The summed E-state index contributed by atoms with van der Waals surface area (Å²) < 4.78 is 12.6. The number of halogens is 1. The number of hydrogen-bond donors (Lipinski definition) is 2. The van der Waals surface area contributed by atoms with Crippen LogP contribution in [-0.4, -0.2) is 34.5 Å². The zero-order chi connectivity index (χ0) is 21.4. The quantitative estimate of drug-likeness (QED) is 0.398. The maximum atomic E-state index is 12.5. The average Bonchev–Trinajstić information content (AvgIpc) is 3.36. The number of nitrogens with one attached hydrogen (secondary N) is 1. The van der Waals surface area contributed by atoms with Gasteiger partial charge in [0.15, 0.2) is 0 Å². The van der Waals surface area contributed by atoms with Crippen LogP contribution in [0, 0.1) is 0 Å². The summed E-state index contributed by atoms with van der Waals surface area (Å²) in [7, 11) is 1.68. The lowest BCUT2D eigenvalue weighted by Crippen LogP contribution is -2.11. The Bertz CT molecular complexity index is 936. The molecule has 7 nitrogen and oxygen atoms in total. The van der Waals surface area contributed by atoms with Crippen LogP contribution in [-0.2, 0) is 9.47 Å². The molecular weight excluding hydrogens is 404 g/mol. The molecule has 2 heterocycles. The molecule has 1 atom stereocenters. The number of carbonyl (C=O) groups excluding carboxylic acids is 1. The van der Waals surface area contributed by atoms with Crippen molar-refractivity contribution in [3.05, 3.63) is 41.3 Å². The summed E-state index contributed by atoms with van der Waals surface area (Å²) in [4.78, 5) is 15.6. The summed E-state index contributed by atoms with van der Waals surface area (Å²) in [5.74, 6) is -0.415. The summed E-state index contributed by atoms with van der Waals surface area (Å²) in [6.07, 6.45) is 6.50. The molecule has 30 heavy (non-hydrogen) atoms. The minimum absolute atomic E-state index is 0. The van der Waals surface area contributed by atoms with Crippen molar-refractivity contribution in [2.24, 2.45) is 0 Å². The molecule has 0 aliphatic rings. The maximum absolute atomic E-state index is 12.5. The Hall–Kier alpha value is -2.35. The molecular formula is C22H33ClN4O3. The van der Waals surface area contributed by atoms with Crippen molar-refractivity contribution >= 4 is 28.5 Å². The molecule has 0 saturated heterocycles. The monoisotopic (exact) mass is 436 g/mol. The third-order valence-electron chi connectivity index (χ3n) is 4.52. The average molecular weight is 437 g/mol. The van der Waals surface area contributed by atoms with E-state index in [4.69, 9.17) is 21.1 Å². The minimum atomic E-state index is -0.415. The number of benzene rings is 1. The molecule has 0 amide bonds. The van der Waals surface area contributed by atoms with Crippen molar-refractivity contribution < 1.29 is 14.3 Å². The van der Waals surface area contributed by atoms with Crippen molar-refractivity contribution in [2.75, 3.05) is 13.7 Å². The van der Waals surface area contributed by atoms with Gasteiger partial charge in [0.2, 0.25) is 0 Å². The van der Waals surface area contributed by atoms with Crippen LogP contribution in [0.2, 0.25) is 5.02 Å².